The lowest BCUT2D eigenvalue weighted by molar-refractivity contribution is -0.143. The lowest BCUT2D eigenvalue weighted by Crippen LogP contribution is -2.56. The van der Waals surface area contributed by atoms with Crippen LogP contribution in [-0.4, -0.2) is 40.6 Å². The number of nitrogens with zero attached hydrogens (tertiary/aromatic N) is 1. The van der Waals surface area contributed by atoms with Crippen LogP contribution in [0.3, 0.4) is 0 Å². The van der Waals surface area contributed by atoms with Gasteiger partial charge in [0.2, 0.25) is 0 Å². The number of amides is 2. The van der Waals surface area contributed by atoms with Crippen molar-refractivity contribution < 1.29 is 14.7 Å². The van der Waals surface area contributed by atoms with Crippen LogP contribution >= 0.6 is 0 Å². The van der Waals surface area contributed by atoms with Crippen LogP contribution in [0.1, 0.15) is 47.0 Å². The van der Waals surface area contributed by atoms with Gasteiger partial charge in [-0.3, -0.25) is 0 Å². The summed E-state index contributed by atoms with van der Waals surface area (Å²) < 4.78 is 0. The minimum atomic E-state index is -1.20. The van der Waals surface area contributed by atoms with Gasteiger partial charge in [-0.25, -0.2) is 9.59 Å². The number of carbonyl (C=O) groups excluding carboxylic acids is 1. The van der Waals surface area contributed by atoms with Crippen LogP contribution in [0.15, 0.2) is 0 Å². The molecule has 0 aromatic carbocycles. The lowest BCUT2D eigenvalue weighted by Gasteiger charge is -2.31. The van der Waals surface area contributed by atoms with Gasteiger partial charge >= 0.3 is 12.0 Å². The van der Waals surface area contributed by atoms with Gasteiger partial charge in [0.25, 0.3) is 0 Å². The maximum absolute atomic E-state index is 11.9. The normalized spacial score (nSPS) is 15.8. The predicted octanol–water partition coefficient (Wildman–Crippen LogP) is 2.07. The van der Waals surface area contributed by atoms with E-state index in [0.29, 0.717) is 6.42 Å². The van der Waals surface area contributed by atoms with Crippen LogP contribution in [0.5, 0.6) is 0 Å². The van der Waals surface area contributed by atoms with Crippen molar-refractivity contribution in [3.05, 3.63) is 0 Å². The van der Waals surface area contributed by atoms with E-state index in [0.717, 1.165) is 12.8 Å². The Hall–Kier alpha value is -1.26. The summed E-state index contributed by atoms with van der Waals surface area (Å²) in [7, 11) is 1.69. The van der Waals surface area contributed by atoms with E-state index in [1.807, 2.05) is 6.92 Å². The van der Waals surface area contributed by atoms with E-state index in [2.05, 4.69) is 12.2 Å². The zero-order valence-corrected chi connectivity index (χ0v) is 11.4. The van der Waals surface area contributed by atoms with Gasteiger partial charge < -0.3 is 15.3 Å². The van der Waals surface area contributed by atoms with E-state index in [1.165, 1.54) is 6.92 Å². The summed E-state index contributed by atoms with van der Waals surface area (Å²) in [5.74, 6) is -1.01. The number of rotatable bonds is 6. The third-order valence-electron chi connectivity index (χ3n) is 3.25. The molecule has 2 unspecified atom stereocenters. The van der Waals surface area contributed by atoms with Crippen molar-refractivity contribution >= 4 is 12.0 Å². The highest BCUT2D eigenvalue weighted by Crippen LogP contribution is 2.11. The SMILES string of the molecule is CCCC(C)N(C)C(=O)NC(C)(CC)C(=O)O. The second-order valence-electron chi connectivity index (χ2n) is 4.67. The van der Waals surface area contributed by atoms with E-state index >= 15 is 0 Å². The molecule has 2 amide bonds. The standard InChI is InChI=1S/C12H24N2O3/c1-6-8-9(3)14(5)11(17)13-12(4,7-2)10(15)16/h9H,6-8H2,1-5H3,(H,13,17)(H,15,16). The fourth-order valence-electron chi connectivity index (χ4n) is 1.43. The minimum Gasteiger partial charge on any atom is -0.480 e. The summed E-state index contributed by atoms with van der Waals surface area (Å²) >= 11 is 0. The summed E-state index contributed by atoms with van der Waals surface area (Å²) in [6, 6.07) is -0.229. The second kappa shape index (κ2) is 6.47. The van der Waals surface area contributed by atoms with E-state index in [4.69, 9.17) is 5.11 Å². The van der Waals surface area contributed by atoms with E-state index in [9.17, 15) is 9.59 Å². The van der Waals surface area contributed by atoms with Gasteiger partial charge in [0.1, 0.15) is 5.54 Å². The monoisotopic (exact) mass is 244 g/mol. The van der Waals surface area contributed by atoms with Crippen molar-refractivity contribution in [3.8, 4) is 0 Å². The number of hydrogen-bond donors (Lipinski definition) is 2. The number of urea groups is 1. The molecule has 100 valence electrons. The van der Waals surface area contributed by atoms with Crippen molar-refractivity contribution in [2.24, 2.45) is 0 Å². The van der Waals surface area contributed by atoms with E-state index in [-0.39, 0.29) is 12.1 Å². The quantitative estimate of drug-likeness (QED) is 0.751. The van der Waals surface area contributed by atoms with Gasteiger partial charge in [0.15, 0.2) is 0 Å². The molecule has 0 bridgehead atoms. The number of hydrogen-bond acceptors (Lipinski definition) is 2. The summed E-state index contributed by atoms with van der Waals surface area (Å²) in [6.07, 6.45) is 2.24. The average molecular weight is 244 g/mol. The largest absolute Gasteiger partial charge is 0.480 e. The molecule has 0 heterocycles. The molecular weight excluding hydrogens is 220 g/mol. The number of carbonyl (C=O) groups is 2. The molecule has 0 aliphatic rings. The van der Waals surface area contributed by atoms with Crippen LogP contribution in [0, 0.1) is 0 Å². The van der Waals surface area contributed by atoms with Crippen molar-refractivity contribution in [1.82, 2.24) is 10.2 Å². The van der Waals surface area contributed by atoms with E-state index in [1.54, 1.807) is 18.9 Å². The summed E-state index contributed by atoms with van der Waals surface area (Å²) in [5.41, 5.74) is -1.20. The maximum atomic E-state index is 11.9. The van der Waals surface area contributed by atoms with Crippen LogP contribution < -0.4 is 5.32 Å². The molecule has 0 aromatic heterocycles. The molecule has 0 spiro atoms. The highest BCUT2D eigenvalue weighted by atomic mass is 16.4. The Morgan fingerprint density at radius 3 is 2.29 bits per heavy atom. The topological polar surface area (TPSA) is 69.6 Å². The first-order chi connectivity index (χ1) is 7.78. The van der Waals surface area contributed by atoms with Crippen molar-refractivity contribution in [1.29, 1.82) is 0 Å². The Labute approximate surface area is 103 Å². The molecular formula is C12H24N2O3. The first-order valence-corrected chi connectivity index (χ1v) is 6.06. The molecule has 0 saturated heterocycles. The Balaban J connectivity index is 4.57. The number of carboxylic acids is 1. The molecule has 5 heteroatoms. The third-order valence-corrected chi connectivity index (χ3v) is 3.25. The molecule has 0 fully saturated rings. The molecule has 0 radical (unpaired) electrons. The molecule has 0 aliphatic carbocycles. The van der Waals surface area contributed by atoms with Gasteiger partial charge in [-0.1, -0.05) is 20.3 Å². The van der Waals surface area contributed by atoms with Crippen LogP contribution in [0.2, 0.25) is 0 Å². The molecule has 0 aromatic rings. The Morgan fingerprint density at radius 1 is 1.41 bits per heavy atom. The summed E-state index contributed by atoms with van der Waals surface area (Å²) in [4.78, 5) is 24.5. The van der Waals surface area contributed by atoms with Gasteiger partial charge in [-0.2, -0.15) is 0 Å². The number of nitrogens with one attached hydrogen (secondary N) is 1. The molecule has 0 saturated carbocycles. The predicted molar refractivity (Wildman–Crippen MR) is 67.0 cm³/mol. The fourth-order valence-corrected chi connectivity index (χ4v) is 1.43. The molecule has 0 aliphatic heterocycles. The molecule has 2 atom stereocenters. The Morgan fingerprint density at radius 2 is 1.94 bits per heavy atom. The first-order valence-electron chi connectivity index (χ1n) is 6.06. The Bertz CT molecular complexity index is 281. The smallest absolute Gasteiger partial charge is 0.329 e. The molecule has 17 heavy (non-hydrogen) atoms. The highest BCUT2D eigenvalue weighted by Gasteiger charge is 2.34. The summed E-state index contributed by atoms with van der Waals surface area (Å²) in [5, 5.41) is 11.6. The zero-order chi connectivity index (χ0) is 13.6. The van der Waals surface area contributed by atoms with Crippen molar-refractivity contribution in [2.45, 2.75) is 58.5 Å². The molecule has 2 N–H and O–H groups in total. The first kappa shape index (κ1) is 15.7. The number of carboxylic acid groups (broad SMARTS) is 1. The molecule has 5 nitrogen and oxygen atoms in total. The third kappa shape index (κ3) is 4.24. The van der Waals surface area contributed by atoms with Crippen LogP contribution in [0.25, 0.3) is 0 Å². The highest BCUT2D eigenvalue weighted by molar-refractivity contribution is 5.85. The van der Waals surface area contributed by atoms with Gasteiger partial charge in [-0.15, -0.1) is 0 Å². The van der Waals surface area contributed by atoms with Crippen molar-refractivity contribution in [3.63, 3.8) is 0 Å². The lowest BCUT2D eigenvalue weighted by atomic mass is 9.99. The van der Waals surface area contributed by atoms with Crippen LogP contribution in [0.4, 0.5) is 4.79 Å². The van der Waals surface area contributed by atoms with Gasteiger partial charge in [0, 0.05) is 13.1 Å². The second-order valence-corrected chi connectivity index (χ2v) is 4.67. The van der Waals surface area contributed by atoms with Gasteiger partial charge in [-0.05, 0) is 26.7 Å². The average Bonchev–Trinajstić information content (AvgIpc) is 2.27. The van der Waals surface area contributed by atoms with Crippen molar-refractivity contribution in [2.75, 3.05) is 7.05 Å². The Kier molecular flexibility index (Phi) is 5.99. The molecule has 0 rings (SSSR count). The zero-order valence-electron chi connectivity index (χ0n) is 11.4. The van der Waals surface area contributed by atoms with Crippen LogP contribution in [-0.2, 0) is 4.79 Å². The summed E-state index contributed by atoms with van der Waals surface area (Å²) in [6.45, 7) is 7.26. The number of aliphatic carboxylic acids is 1. The van der Waals surface area contributed by atoms with Gasteiger partial charge in [0.05, 0.1) is 0 Å². The maximum Gasteiger partial charge on any atom is 0.329 e. The fraction of sp³-hybridized carbons (Fsp3) is 0.833. The minimum absolute atomic E-state index is 0.106. The van der Waals surface area contributed by atoms with E-state index < -0.39 is 11.5 Å².